The fourth-order valence-corrected chi connectivity index (χ4v) is 2.72. The topological polar surface area (TPSA) is 38.3 Å². The third kappa shape index (κ3) is 6.38. The van der Waals surface area contributed by atoms with E-state index in [2.05, 4.69) is 26.1 Å². The number of amides is 1. The maximum atomic E-state index is 12.2. The first-order valence-corrected chi connectivity index (χ1v) is 9.43. The summed E-state index contributed by atoms with van der Waals surface area (Å²) >= 11 is 5.88. The van der Waals surface area contributed by atoms with Gasteiger partial charge >= 0.3 is 0 Å². The van der Waals surface area contributed by atoms with Gasteiger partial charge in [0.1, 0.15) is 5.75 Å². The van der Waals surface area contributed by atoms with Crippen LogP contribution in [0.5, 0.6) is 5.75 Å². The fraction of sp³-hybridized carbons (Fsp3) is 0.409. The summed E-state index contributed by atoms with van der Waals surface area (Å²) in [7, 11) is 0. The van der Waals surface area contributed by atoms with E-state index in [-0.39, 0.29) is 11.3 Å². The minimum atomic E-state index is -0.522. The number of benzene rings is 2. The Hall–Kier alpha value is -2.00. The molecule has 0 fully saturated rings. The van der Waals surface area contributed by atoms with Crippen LogP contribution in [0.4, 0.5) is 0 Å². The summed E-state index contributed by atoms with van der Waals surface area (Å²) in [4.78, 5) is 12.2. The summed E-state index contributed by atoms with van der Waals surface area (Å²) in [6.07, 6.45) is 1.26. The van der Waals surface area contributed by atoms with Gasteiger partial charge in [-0.25, -0.2) is 0 Å². The maximum absolute atomic E-state index is 12.2. The molecule has 1 unspecified atom stereocenters. The van der Waals surface area contributed by atoms with Crippen molar-refractivity contribution >= 4 is 17.5 Å². The Bertz CT molecular complexity index is 702. The van der Waals surface area contributed by atoms with E-state index in [1.54, 1.807) is 6.92 Å². The Balaban J connectivity index is 1.74. The molecule has 2 aromatic rings. The molecule has 0 aliphatic carbocycles. The highest BCUT2D eigenvalue weighted by Gasteiger charge is 2.16. The van der Waals surface area contributed by atoms with Crippen LogP contribution < -0.4 is 10.1 Å². The molecule has 1 N–H and O–H groups in total. The Labute approximate surface area is 161 Å². The maximum Gasteiger partial charge on any atom is 0.260 e. The number of ether oxygens (including phenoxy) is 1. The van der Waals surface area contributed by atoms with E-state index < -0.39 is 6.10 Å². The lowest BCUT2D eigenvalue weighted by Gasteiger charge is -2.20. The van der Waals surface area contributed by atoms with Crippen LogP contribution in [0.2, 0.25) is 5.02 Å². The normalized spacial score (nSPS) is 12.5. The fourth-order valence-electron chi connectivity index (χ4n) is 2.59. The average molecular weight is 374 g/mol. The van der Waals surface area contributed by atoms with E-state index in [1.807, 2.05) is 48.5 Å². The molecule has 0 bridgehead atoms. The molecular formula is C22H28ClNO2. The minimum Gasteiger partial charge on any atom is -0.481 e. The first-order valence-electron chi connectivity index (χ1n) is 9.05. The lowest BCUT2D eigenvalue weighted by atomic mass is 9.87. The molecule has 1 amide bonds. The van der Waals surface area contributed by atoms with Gasteiger partial charge in [-0.1, -0.05) is 56.6 Å². The van der Waals surface area contributed by atoms with E-state index in [0.717, 1.165) is 17.9 Å². The highest BCUT2D eigenvalue weighted by atomic mass is 35.5. The molecule has 0 radical (unpaired) electrons. The van der Waals surface area contributed by atoms with Gasteiger partial charge in [-0.2, -0.15) is 0 Å². The molecule has 26 heavy (non-hydrogen) atoms. The molecule has 0 heterocycles. The number of hydrogen-bond acceptors (Lipinski definition) is 2. The van der Waals surface area contributed by atoms with E-state index >= 15 is 0 Å². The summed E-state index contributed by atoms with van der Waals surface area (Å²) in [5, 5.41) is 3.67. The van der Waals surface area contributed by atoms with Crippen molar-refractivity contribution in [2.45, 2.75) is 52.1 Å². The van der Waals surface area contributed by atoms with Gasteiger partial charge in [-0.05, 0) is 60.6 Å². The Morgan fingerprint density at radius 3 is 2.27 bits per heavy atom. The molecule has 0 aromatic heterocycles. The van der Waals surface area contributed by atoms with Crippen molar-refractivity contribution in [1.82, 2.24) is 5.32 Å². The predicted molar refractivity (Wildman–Crippen MR) is 108 cm³/mol. The van der Waals surface area contributed by atoms with Crippen molar-refractivity contribution in [3.63, 3.8) is 0 Å². The predicted octanol–water partition coefficient (Wildman–Crippen LogP) is 5.15. The summed E-state index contributed by atoms with van der Waals surface area (Å²) in [6.45, 7) is 8.90. The molecule has 2 aromatic carbocycles. The number of aryl methyl sites for hydroxylation is 1. The third-order valence-corrected chi connectivity index (χ3v) is 4.51. The minimum absolute atomic E-state index is 0.0963. The van der Waals surface area contributed by atoms with Crippen LogP contribution in [0.1, 0.15) is 45.2 Å². The quantitative estimate of drug-likeness (QED) is 0.681. The molecular weight excluding hydrogens is 346 g/mol. The van der Waals surface area contributed by atoms with Gasteiger partial charge < -0.3 is 10.1 Å². The van der Waals surface area contributed by atoms with Crippen LogP contribution in [0.25, 0.3) is 0 Å². The van der Waals surface area contributed by atoms with Gasteiger partial charge in [0.05, 0.1) is 0 Å². The Kier molecular flexibility index (Phi) is 7.10. The average Bonchev–Trinajstić information content (AvgIpc) is 2.59. The molecule has 2 rings (SSSR count). The molecule has 3 nitrogen and oxygen atoms in total. The van der Waals surface area contributed by atoms with Crippen molar-refractivity contribution in [2.75, 3.05) is 6.54 Å². The second kappa shape index (κ2) is 9.09. The molecule has 0 spiro atoms. The molecule has 4 heteroatoms. The van der Waals surface area contributed by atoms with E-state index in [4.69, 9.17) is 16.3 Å². The largest absolute Gasteiger partial charge is 0.481 e. The van der Waals surface area contributed by atoms with E-state index in [1.165, 1.54) is 11.1 Å². The monoisotopic (exact) mass is 373 g/mol. The van der Waals surface area contributed by atoms with E-state index in [0.29, 0.717) is 12.3 Å². The third-order valence-electron chi connectivity index (χ3n) is 4.26. The number of rotatable bonds is 7. The van der Waals surface area contributed by atoms with Crippen LogP contribution in [-0.4, -0.2) is 18.6 Å². The highest BCUT2D eigenvalue weighted by Crippen LogP contribution is 2.24. The number of carbonyl (C=O) groups excluding carboxylic acids is 1. The van der Waals surface area contributed by atoms with Crippen LogP contribution in [-0.2, 0) is 16.6 Å². The summed E-state index contributed by atoms with van der Waals surface area (Å²) in [5.41, 5.74) is 2.56. The van der Waals surface area contributed by atoms with Gasteiger partial charge in [-0.3, -0.25) is 4.79 Å². The first-order chi connectivity index (χ1) is 12.3. The lowest BCUT2D eigenvalue weighted by molar-refractivity contribution is -0.127. The molecule has 0 saturated carbocycles. The van der Waals surface area contributed by atoms with Gasteiger partial charge in [-0.15, -0.1) is 0 Å². The standard InChI is InChI=1S/C22H28ClNO2/c1-16(26-20-13-9-18(10-14-20)22(2,3)4)21(25)24-15-5-6-17-7-11-19(23)12-8-17/h7-14,16H,5-6,15H2,1-4H3,(H,24,25). The molecule has 140 valence electrons. The summed E-state index contributed by atoms with van der Waals surface area (Å²) in [6, 6.07) is 15.7. The SMILES string of the molecule is CC(Oc1ccc(C(C)(C)C)cc1)C(=O)NCCCc1ccc(Cl)cc1. The zero-order chi connectivity index (χ0) is 19.2. The Morgan fingerprint density at radius 1 is 1.08 bits per heavy atom. The van der Waals surface area contributed by atoms with Crippen molar-refractivity contribution < 1.29 is 9.53 Å². The van der Waals surface area contributed by atoms with Crippen molar-refractivity contribution in [2.24, 2.45) is 0 Å². The smallest absolute Gasteiger partial charge is 0.260 e. The number of hydrogen-bond donors (Lipinski definition) is 1. The van der Waals surface area contributed by atoms with Crippen LogP contribution in [0.15, 0.2) is 48.5 Å². The van der Waals surface area contributed by atoms with Gasteiger partial charge in [0, 0.05) is 11.6 Å². The van der Waals surface area contributed by atoms with Crippen LogP contribution in [0, 0.1) is 0 Å². The zero-order valence-corrected chi connectivity index (χ0v) is 16.8. The molecule has 0 aliphatic rings. The molecule has 1 atom stereocenters. The second-order valence-corrected chi connectivity index (χ2v) is 7.99. The van der Waals surface area contributed by atoms with Crippen LogP contribution >= 0.6 is 11.6 Å². The summed E-state index contributed by atoms with van der Waals surface area (Å²) < 4.78 is 5.75. The molecule has 0 saturated heterocycles. The zero-order valence-electron chi connectivity index (χ0n) is 16.0. The lowest BCUT2D eigenvalue weighted by Crippen LogP contribution is -2.36. The van der Waals surface area contributed by atoms with Gasteiger partial charge in [0.15, 0.2) is 6.10 Å². The van der Waals surface area contributed by atoms with Gasteiger partial charge in [0.2, 0.25) is 0 Å². The van der Waals surface area contributed by atoms with Crippen LogP contribution in [0.3, 0.4) is 0 Å². The number of nitrogens with one attached hydrogen (secondary N) is 1. The number of halogens is 1. The van der Waals surface area contributed by atoms with Crippen molar-refractivity contribution in [1.29, 1.82) is 0 Å². The highest BCUT2D eigenvalue weighted by molar-refractivity contribution is 6.30. The van der Waals surface area contributed by atoms with Crippen molar-refractivity contribution in [3.05, 3.63) is 64.7 Å². The second-order valence-electron chi connectivity index (χ2n) is 7.56. The summed E-state index contributed by atoms with van der Waals surface area (Å²) in [5.74, 6) is 0.614. The van der Waals surface area contributed by atoms with Crippen molar-refractivity contribution in [3.8, 4) is 5.75 Å². The van der Waals surface area contributed by atoms with E-state index in [9.17, 15) is 4.79 Å². The van der Waals surface area contributed by atoms with Gasteiger partial charge in [0.25, 0.3) is 5.91 Å². The number of carbonyl (C=O) groups is 1. The Morgan fingerprint density at radius 2 is 1.69 bits per heavy atom. The molecule has 0 aliphatic heterocycles. The first kappa shape index (κ1) is 20.3.